The lowest BCUT2D eigenvalue weighted by Crippen LogP contribution is -2.46. The summed E-state index contributed by atoms with van der Waals surface area (Å²) >= 11 is 12.0. The van der Waals surface area contributed by atoms with Gasteiger partial charge in [0.15, 0.2) is 5.96 Å². The molecule has 0 saturated carbocycles. The third-order valence-electron chi connectivity index (χ3n) is 4.83. The number of nitrogens with zero attached hydrogens (tertiary/aromatic N) is 4. The fourth-order valence-corrected chi connectivity index (χ4v) is 3.93. The summed E-state index contributed by atoms with van der Waals surface area (Å²) in [7, 11) is 0. The van der Waals surface area contributed by atoms with Crippen LogP contribution in [-0.4, -0.2) is 85.8 Å². The van der Waals surface area contributed by atoms with E-state index in [1.165, 1.54) is 6.42 Å². The minimum Gasteiger partial charge on any atom is -0.379 e. The number of aromatic nitrogens is 1. The average Bonchev–Trinajstić information content (AvgIpc) is 3.16. The molecule has 28 heavy (non-hydrogen) atoms. The molecule has 0 spiro atoms. The molecule has 2 fully saturated rings. The van der Waals surface area contributed by atoms with Gasteiger partial charge in [-0.15, -0.1) is 24.0 Å². The minimum absolute atomic E-state index is 0. The van der Waals surface area contributed by atoms with Gasteiger partial charge >= 0.3 is 0 Å². The van der Waals surface area contributed by atoms with E-state index in [4.69, 9.17) is 32.9 Å². The number of ether oxygens (including phenoxy) is 1. The van der Waals surface area contributed by atoms with Gasteiger partial charge in [0.1, 0.15) is 5.82 Å². The first-order valence-corrected chi connectivity index (χ1v) is 10.3. The molecule has 0 bridgehead atoms. The lowest BCUT2D eigenvalue weighted by atomic mass is 10.2. The number of morpholine rings is 1. The maximum Gasteiger partial charge on any atom is 0.194 e. The van der Waals surface area contributed by atoms with E-state index in [1.807, 2.05) is 0 Å². The van der Waals surface area contributed by atoms with Crippen LogP contribution in [0.2, 0.25) is 10.0 Å². The predicted octanol–water partition coefficient (Wildman–Crippen LogP) is 2.79. The maximum atomic E-state index is 6.13. The van der Waals surface area contributed by atoms with Crippen LogP contribution in [0.15, 0.2) is 17.3 Å². The van der Waals surface area contributed by atoms with Crippen molar-refractivity contribution in [3.63, 3.8) is 0 Å². The molecule has 3 heterocycles. The highest BCUT2D eigenvalue weighted by Crippen LogP contribution is 2.22. The number of hydrogen-bond donors (Lipinski definition) is 2. The number of aliphatic imine (C=N–C) groups is 1. The summed E-state index contributed by atoms with van der Waals surface area (Å²) in [5.41, 5.74) is 0. The Kier molecular flexibility index (Phi) is 10.4. The van der Waals surface area contributed by atoms with Crippen LogP contribution in [0.4, 0.5) is 5.82 Å². The lowest BCUT2D eigenvalue weighted by molar-refractivity contribution is 0.0195. The Bertz CT molecular complexity index is 645. The Morgan fingerprint density at radius 2 is 2.11 bits per heavy atom. The largest absolute Gasteiger partial charge is 0.379 e. The molecule has 2 N–H and O–H groups in total. The molecule has 0 aromatic carbocycles. The van der Waals surface area contributed by atoms with Crippen LogP contribution in [0.25, 0.3) is 0 Å². The molecule has 2 saturated heterocycles. The van der Waals surface area contributed by atoms with E-state index in [9.17, 15) is 0 Å². The van der Waals surface area contributed by atoms with Crippen LogP contribution < -0.4 is 10.6 Å². The Labute approximate surface area is 194 Å². The van der Waals surface area contributed by atoms with Crippen molar-refractivity contribution in [2.24, 2.45) is 4.99 Å². The summed E-state index contributed by atoms with van der Waals surface area (Å²) in [6.45, 7) is 10.1. The first-order chi connectivity index (χ1) is 13.2. The van der Waals surface area contributed by atoms with Crippen molar-refractivity contribution in [3.05, 3.63) is 22.3 Å². The molecule has 0 amide bonds. The van der Waals surface area contributed by atoms with Gasteiger partial charge in [-0.05, 0) is 19.4 Å². The first kappa shape index (κ1) is 23.7. The molecule has 1 aromatic rings. The van der Waals surface area contributed by atoms with Crippen molar-refractivity contribution < 1.29 is 4.74 Å². The van der Waals surface area contributed by atoms with Gasteiger partial charge in [0.05, 0.1) is 29.8 Å². The third-order valence-corrected chi connectivity index (χ3v) is 5.33. The van der Waals surface area contributed by atoms with E-state index in [1.54, 1.807) is 12.3 Å². The molecular weight excluding hydrogens is 514 g/mol. The van der Waals surface area contributed by atoms with E-state index >= 15 is 0 Å². The monoisotopic (exact) mass is 542 g/mol. The summed E-state index contributed by atoms with van der Waals surface area (Å²) in [5.74, 6) is 1.61. The molecule has 0 radical (unpaired) electrons. The van der Waals surface area contributed by atoms with Gasteiger partial charge in [-0.1, -0.05) is 23.2 Å². The highest BCUT2D eigenvalue weighted by atomic mass is 127. The first-order valence-electron chi connectivity index (χ1n) is 9.57. The molecular formula is C18H29Cl2IN6O. The van der Waals surface area contributed by atoms with Crippen LogP contribution in [-0.2, 0) is 4.74 Å². The number of rotatable bonds is 6. The van der Waals surface area contributed by atoms with Gasteiger partial charge in [-0.2, -0.15) is 0 Å². The fourth-order valence-electron chi connectivity index (χ4n) is 3.48. The van der Waals surface area contributed by atoms with Gasteiger partial charge in [0.25, 0.3) is 0 Å². The molecule has 1 aromatic heterocycles. The quantitative estimate of drug-likeness (QED) is 0.249. The van der Waals surface area contributed by atoms with E-state index in [2.05, 4.69) is 32.3 Å². The van der Waals surface area contributed by atoms with Gasteiger partial charge in [-0.25, -0.2) is 4.98 Å². The normalized spacial score (nSPS) is 20.8. The third kappa shape index (κ3) is 6.76. The van der Waals surface area contributed by atoms with Crippen molar-refractivity contribution in [2.75, 3.05) is 64.3 Å². The molecule has 158 valence electrons. The Morgan fingerprint density at radius 3 is 2.82 bits per heavy atom. The summed E-state index contributed by atoms with van der Waals surface area (Å²) in [5, 5.41) is 7.67. The van der Waals surface area contributed by atoms with Crippen LogP contribution in [0.5, 0.6) is 0 Å². The Balaban J connectivity index is 0.00000280. The molecule has 2 aliphatic heterocycles. The lowest BCUT2D eigenvalue weighted by Gasteiger charge is -2.32. The van der Waals surface area contributed by atoms with E-state index in [-0.39, 0.29) is 24.0 Å². The number of hydrogen-bond acceptors (Lipinski definition) is 5. The summed E-state index contributed by atoms with van der Waals surface area (Å²) in [4.78, 5) is 13.9. The summed E-state index contributed by atoms with van der Waals surface area (Å²) in [6, 6.07) is 2.27. The molecule has 1 atom stereocenters. The number of pyridine rings is 1. The Hall–Kier alpha value is -0.550. The fraction of sp³-hybridized carbons (Fsp3) is 0.667. The SMILES string of the molecule is CCNC(=NCCNc1ncc(Cl)cc1Cl)N1CCC(N2CCOCC2)C1.I. The van der Waals surface area contributed by atoms with Crippen molar-refractivity contribution in [1.82, 2.24) is 20.1 Å². The molecule has 2 aliphatic rings. The van der Waals surface area contributed by atoms with E-state index in [0.717, 1.165) is 51.9 Å². The highest BCUT2D eigenvalue weighted by molar-refractivity contribution is 14.0. The zero-order valence-corrected chi connectivity index (χ0v) is 20.0. The van der Waals surface area contributed by atoms with Crippen molar-refractivity contribution in [2.45, 2.75) is 19.4 Å². The van der Waals surface area contributed by atoms with Crippen molar-refractivity contribution >= 4 is 59.0 Å². The van der Waals surface area contributed by atoms with Gasteiger partial charge in [0, 0.05) is 51.5 Å². The van der Waals surface area contributed by atoms with Gasteiger partial charge < -0.3 is 20.3 Å². The second-order valence-corrected chi connectivity index (χ2v) is 7.53. The summed E-state index contributed by atoms with van der Waals surface area (Å²) < 4.78 is 5.47. The molecule has 7 nitrogen and oxygen atoms in total. The average molecular weight is 543 g/mol. The Morgan fingerprint density at radius 1 is 1.32 bits per heavy atom. The topological polar surface area (TPSA) is 65.0 Å². The zero-order chi connectivity index (χ0) is 19.1. The summed E-state index contributed by atoms with van der Waals surface area (Å²) in [6.07, 6.45) is 2.76. The second-order valence-electron chi connectivity index (χ2n) is 6.68. The van der Waals surface area contributed by atoms with Crippen LogP contribution >= 0.6 is 47.2 Å². The number of halogens is 3. The maximum absolute atomic E-state index is 6.13. The smallest absolute Gasteiger partial charge is 0.194 e. The molecule has 0 aliphatic carbocycles. The van der Waals surface area contributed by atoms with Crippen molar-refractivity contribution in [3.8, 4) is 0 Å². The molecule has 10 heteroatoms. The minimum atomic E-state index is 0. The number of anilines is 1. The number of likely N-dealkylation sites (tertiary alicyclic amines) is 1. The van der Waals surface area contributed by atoms with E-state index in [0.29, 0.717) is 35.0 Å². The standard InChI is InChI=1S/C18H28Cl2N6O.HI/c1-2-21-18(23-5-4-22-17-16(20)11-14(19)12-24-17)26-6-3-15(13-26)25-7-9-27-10-8-25;/h11-12,15H,2-10,13H2,1H3,(H,21,23)(H,22,24);1H. The van der Waals surface area contributed by atoms with Crippen molar-refractivity contribution in [1.29, 1.82) is 0 Å². The van der Waals surface area contributed by atoms with Gasteiger partial charge in [0.2, 0.25) is 0 Å². The second kappa shape index (κ2) is 12.2. The van der Waals surface area contributed by atoms with Gasteiger partial charge in [-0.3, -0.25) is 9.89 Å². The predicted molar refractivity (Wildman–Crippen MR) is 127 cm³/mol. The number of nitrogens with one attached hydrogen (secondary N) is 2. The number of guanidine groups is 1. The molecule has 1 unspecified atom stereocenters. The van der Waals surface area contributed by atoms with Crippen LogP contribution in [0.3, 0.4) is 0 Å². The zero-order valence-electron chi connectivity index (χ0n) is 16.2. The molecule has 3 rings (SSSR count). The van der Waals surface area contributed by atoms with E-state index < -0.39 is 0 Å². The highest BCUT2D eigenvalue weighted by Gasteiger charge is 2.30. The van der Waals surface area contributed by atoms with Crippen LogP contribution in [0.1, 0.15) is 13.3 Å². The van der Waals surface area contributed by atoms with Crippen LogP contribution in [0, 0.1) is 0 Å².